The van der Waals surface area contributed by atoms with Gasteiger partial charge in [-0.15, -0.1) is 0 Å². The standard InChI is InChI=1S/C17H32N3O5/c1-18-16(21)17(22)19-13-11-9-7-5-3-2-4-6-8-10-12-14-25-15-20(23)24/h3,5,23H,2,4,6-15H2,1H3,(H,18,21)(H,19,22)/q-1/b5-3-. The van der Waals surface area contributed by atoms with Gasteiger partial charge in [-0.2, -0.15) is 0 Å². The number of nitrogens with zero attached hydrogens (tertiary/aromatic N) is 1. The van der Waals surface area contributed by atoms with Gasteiger partial charge in [-0.3, -0.25) is 9.59 Å². The van der Waals surface area contributed by atoms with Gasteiger partial charge in [-0.25, -0.2) is 5.23 Å². The molecule has 0 atom stereocenters. The summed E-state index contributed by atoms with van der Waals surface area (Å²) in [6, 6.07) is 0. The summed E-state index contributed by atoms with van der Waals surface area (Å²) in [5, 5.41) is 23.1. The van der Waals surface area contributed by atoms with Crippen LogP contribution in [0.3, 0.4) is 0 Å². The number of hydrogen-bond donors (Lipinski definition) is 3. The molecule has 25 heavy (non-hydrogen) atoms. The minimum Gasteiger partial charge on any atom is -0.760 e. The fraction of sp³-hybridized carbons (Fsp3) is 0.765. The molecule has 0 aliphatic rings. The van der Waals surface area contributed by atoms with Crippen LogP contribution in [0.5, 0.6) is 0 Å². The first-order valence-corrected chi connectivity index (χ1v) is 8.94. The van der Waals surface area contributed by atoms with E-state index in [2.05, 4.69) is 22.8 Å². The van der Waals surface area contributed by atoms with Crippen molar-refractivity contribution < 1.29 is 19.5 Å². The van der Waals surface area contributed by atoms with E-state index in [-0.39, 0.29) is 12.0 Å². The molecular formula is C17H32N3O5-. The summed E-state index contributed by atoms with van der Waals surface area (Å²) in [6.45, 7) is 0.739. The van der Waals surface area contributed by atoms with E-state index in [1.807, 2.05) is 0 Å². The van der Waals surface area contributed by atoms with Crippen molar-refractivity contribution in [1.29, 1.82) is 0 Å². The molecule has 0 aromatic heterocycles. The van der Waals surface area contributed by atoms with Crippen LogP contribution in [0.2, 0.25) is 0 Å². The normalized spacial score (nSPS) is 11.2. The van der Waals surface area contributed by atoms with Gasteiger partial charge in [0.05, 0.1) is 0 Å². The fourth-order valence-corrected chi connectivity index (χ4v) is 2.16. The Morgan fingerprint density at radius 3 is 2.24 bits per heavy atom. The van der Waals surface area contributed by atoms with Gasteiger partial charge in [0.2, 0.25) is 0 Å². The van der Waals surface area contributed by atoms with Gasteiger partial charge < -0.3 is 25.8 Å². The molecule has 0 unspecified atom stereocenters. The second-order valence-electron chi connectivity index (χ2n) is 5.75. The van der Waals surface area contributed by atoms with Gasteiger partial charge in [0.25, 0.3) is 0 Å². The first-order chi connectivity index (χ1) is 12.1. The van der Waals surface area contributed by atoms with Crippen molar-refractivity contribution >= 4 is 11.8 Å². The van der Waals surface area contributed by atoms with E-state index in [4.69, 9.17) is 9.94 Å². The van der Waals surface area contributed by atoms with Crippen molar-refractivity contribution in [1.82, 2.24) is 15.9 Å². The Morgan fingerprint density at radius 2 is 1.60 bits per heavy atom. The van der Waals surface area contributed by atoms with Crippen LogP contribution in [0.4, 0.5) is 0 Å². The Labute approximate surface area is 150 Å². The van der Waals surface area contributed by atoms with Crippen LogP contribution in [0.1, 0.15) is 57.8 Å². The zero-order chi connectivity index (χ0) is 18.8. The molecule has 0 radical (unpaired) electrons. The molecule has 0 spiro atoms. The van der Waals surface area contributed by atoms with Crippen molar-refractivity contribution in [2.24, 2.45) is 0 Å². The van der Waals surface area contributed by atoms with Crippen LogP contribution >= 0.6 is 0 Å². The van der Waals surface area contributed by atoms with Crippen LogP contribution in [-0.2, 0) is 14.3 Å². The van der Waals surface area contributed by atoms with E-state index < -0.39 is 11.8 Å². The molecule has 0 saturated heterocycles. The van der Waals surface area contributed by atoms with E-state index >= 15 is 0 Å². The lowest BCUT2D eigenvalue weighted by Gasteiger charge is -2.18. The Hall–Kier alpha value is -1.48. The lowest BCUT2D eigenvalue weighted by Crippen LogP contribution is -2.38. The second kappa shape index (κ2) is 17.3. The van der Waals surface area contributed by atoms with E-state index in [1.54, 1.807) is 0 Å². The molecule has 0 fully saturated rings. The highest BCUT2D eigenvalue weighted by molar-refractivity contribution is 6.34. The van der Waals surface area contributed by atoms with Crippen molar-refractivity contribution in [3.8, 4) is 0 Å². The number of rotatable bonds is 15. The molecule has 0 aliphatic carbocycles. The zero-order valence-corrected chi connectivity index (χ0v) is 15.2. The molecule has 8 nitrogen and oxygen atoms in total. The maximum Gasteiger partial charge on any atom is 0.309 e. The molecule has 3 N–H and O–H groups in total. The van der Waals surface area contributed by atoms with Gasteiger partial charge in [0.1, 0.15) is 6.73 Å². The monoisotopic (exact) mass is 358 g/mol. The highest BCUT2D eigenvalue weighted by Gasteiger charge is 2.08. The SMILES string of the molecule is CNC(=O)C(=O)NCCCC/C=C\CCCCCCCOCN([O-])O. The summed E-state index contributed by atoms with van der Waals surface area (Å²) in [4.78, 5) is 22.1. The summed E-state index contributed by atoms with van der Waals surface area (Å²) in [6.07, 6.45) is 13.7. The molecule has 8 heteroatoms. The molecule has 0 bridgehead atoms. The summed E-state index contributed by atoms with van der Waals surface area (Å²) >= 11 is 0. The smallest absolute Gasteiger partial charge is 0.309 e. The summed E-state index contributed by atoms with van der Waals surface area (Å²) in [7, 11) is 1.43. The number of allylic oxidation sites excluding steroid dienone is 2. The maximum atomic E-state index is 11.2. The number of likely N-dealkylation sites (N-methyl/N-ethyl adjacent to an activating group) is 1. The molecule has 0 aliphatic heterocycles. The molecule has 0 rings (SSSR count). The third kappa shape index (κ3) is 17.1. The summed E-state index contributed by atoms with van der Waals surface area (Å²) in [5.74, 6) is -1.18. The summed E-state index contributed by atoms with van der Waals surface area (Å²) < 4.78 is 4.93. The predicted octanol–water partition coefficient (Wildman–Crippen LogP) is 2.08. The number of hydroxylamine groups is 2. The zero-order valence-electron chi connectivity index (χ0n) is 15.2. The van der Waals surface area contributed by atoms with Crippen molar-refractivity contribution in [3.05, 3.63) is 17.4 Å². The average Bonchev–Trinajstić information content (AvgIpc) is 2.60. The lowest BCUT2D eigenvalue weighted by molar-refractivity contribution is -0.138. The topological polar surface area (TPSA) is 114 Å². The molecular weight excluding hydrogens is 326 g/mol. The van der Waals surface area contributed by atoms with Gasteiger partial charge in [-0.05, 0) is 38.5 Å². The fourth-order valence-electron chi connectivity index (χ4n) is 2.16. The van der Waals surface area contributed by atoms with Crippen molar-refractivity contribution in [3.63, 3.8) is 0 Å². The minimum absolute atomic E-state index is 0.215. The van der Waals surface area contributed by atoms with Crippen LogP contribution < -0.4 is 10.6 Å². The van der Waals surface area contributed by atoms with E-state index in [9.17, 15) is 14.8 Å². The predicted molar refractivity (Wildman–Crippen MR) is 95.6 cm³/mol. The lowest BCUT2D eigenvalue weighted by atomic mass is 10.1. The van der Waals surface area contributed by atoms with Crippen molar-refractivity contribution in [2.75, 3.05) is 26.9 Å². The highest BCUT2D eigenvalue weighted by atomic mass is 16.8. The molecule has 146 valence electrons. The molecule has 0 saturated carbocycles. The summed E-state index contributed by atoms with van der Waals surface area (Å²) in [5.41, 5.74) is 0. The van der Waals surface area contributed by atoms with Gasteiger partial charge in [0.15, 0.2) is 0 Å². The van der Waals surface area contributed by atoms with Crippen LogP contribution in [0, 0.1) is 5.21 Å². The number of nitrogens with one attached hydrogen (secondary N) is 2. The number of carbonyl (C=O) groups is 2. The minimum atomic E-state index is -0.605. The average molecular weight is 358 g/mol. The highest BCUT2D eigenvalue weighted by Crippen LogP contribution is 2.07. The Bertz CT molecular complexity index is 375. The molecule has 0 aromatic carbocycles. The van der Waals surface area contributed by atoms with Gasteiger partial charge in [0, 0.05) is 20.2 Å². The molecule has 0 heterocycles. The first-order valence-electron chi connectivity index (χ1n) is 8.94. The number of amides is 2. The van der Waals surface area contributed by atoms with Crippen LogP contribution in [0.15, 0.2) is 12.2 Å². The van der Waals surface area contributed by atoms with E-state index in [1.165, 1.54) is 13.5 Å². The number of ether oxygens (including phenoxy) is 1. The Kier molecular flexibility index (Phi) is 16.3. The Balaban J connectivity index is 3.23. The molecule has 0 aromatic rings. The van der Waals surface area contributed by atoms with Crippen LogP contribution in [-0.4, -0.2) is 49.2 Å². The van der Waals surface area contributed by atoms with Crippen LogP contribution in [0.25, 0.3) is 0 Å². The Morgan fingerprint density at radius 1 is 1.00 bits per heavy atom. The third-order valence-electron chi connectivity index (χ3n) is 3.54. The first kappa shape index (κ1) is 23.5. The van der Waals surface area contributed by atoms with E-state index in [0.29, 0.717) is 13.2 Å². The number of hydrogen-bond acceptors (Lipinski definition) is 6. The maximum absolute atomic E-state index is 11.2. The van der Waals surface area contributed by atoms with Gasteiger partial charge >= 0.3 is 11.8 Å². The molecule has 2 amide bonds. The van der Waals surface area contributed by atoms with Gasteiger partial charge in [-0.1, -0.05) is 31.4 Å². The number of unbranched alkanes of at least 4 members (excludes halogenated alkanes) is 7. The van der Waals surface area contributed by atoms with Crippen molar-refractivity contribution in [2.45, 2.75) is 57.8 Å². The van der Waals surface area contributed by atoms with E-state index in [0.717, 1.165) is 51.4 Å². The second-order valence-corrected chi connectivity index (χ2v) is 5.75. The number of carbonyl (C=O) groups excluding carboxylic acids is 2. The quantitative estimate of drug-likeness (QED) is 0.136. The largest absolute Gasteiger partial charge is 0.760 e. The third-order valence-corrected chi connectivity index (χ3v) is 3.54.